The maximum absolute atomic E-state index is 12.0. The molecule has 0 aromatic heterocycles. The lowest BCUT2D eigenvalue weighted by atomic mass is 9.92. The number of rotatable bonds is 5. The summed E-state index contributed by atoms with van der Waals surface area (Å²) >= 11 is 0. The minimum absolute atomic E-state index is 0.0536. The van der Waals surface area contributed by atoms with Crippen molar-refractivity contribution in [3.63, 3.8) is 0 Å². The Hall–Kier alpha value is -1.43. The van der Waals surface area contributed by atoms with Gasteiger partial charge in [0.05, 0.1) is 6.61 Å². The van der Waals surface area contributed by atoms with Gasteiger partial charge in [-0.25, -0.2) is 0 Å². The summed E-state index contributed by atoms with van der Waals surface area (Å²) in [5.74, 6) is -0.401. The fourth-order valence-corrected chi connectivity index (χ4v) is 1.43. The molecule has 0 saturated heterocycles. The Bertz CT molecular complexity index is 402. The molecule has 0 aliphatic heterocycles. The number of carbonyl (C=O) groups excluding carboxylic acids is 1. The van der Waals surface area contributed by atoms with E-state index < -0.39 is 23.7 Å². The Morgan fingerprint density at radius 3 is 2.39 bits per heavy atom. The van der Waals surface area contributed by atoms with E-state index in [-0.39, 0.29) is 6.54 Å². The molecule has 0 fully saturated rings. The standard InChI is InChI=1S/C13H20N2O3/c1-12(18,9-16)8-15-11(17)13(2,14)10-6-4-3-5-7-10/h3-7,16,18H,8-9,14H2,1-2H3,(H,15,17). The average molecular weight is 252 g/mol. The van der Waals surface area contributed by atoms with Crippen LogP contribution >= 0.6 is 0 Å². The van der Waals surface area contributed by atoms with Crippen molar-refractivity contribution in [2.75, 3.05) is 13.2 Å². The third kappa shape index (κ3) is 3.53. The van der Waals surface area contributed by atoms with Crippen molar-refractivity contribution in [3.05, 3.63) is 35.9 Å². The molecule has 18 heavy (non-hydrogen) atoms. The highest BCUT2D eigenvalue weighted by Gasteiger charge is 2.31. The first-order valence-electron chi connectivity index (χ1n) is 5.75. The fraction of sp³-hybridized carbons (Fsp3) is 0.462. The summed E-state index contributed by atoms with van der Waals surface area (Å²) in [4.78, 5) is 12.0. The number of amides is 1. The third-order valence-corrected chi connectivity index (χ3v) is 2.82. The van der Waals surface area contributed by atoms with E-state index in [0.29, 0.717) is 5.56 Å². The van der Waals surface area contributed by atoms with Gasteiger partial charge in [-0.15, -0.1) is 0 Å². The lowest BCUT2D eigenvalue weighted by Crippen LogP contribution is -2.53. The van der Waals surface area contributed by atoms with Crippen molar-refractivity contribution in [1.82, 2.24) is 5.32 Å². The van der Waals surface area contributed by atoms with Gasteiger partial charge >= 0.3 is 0 Å². The number of aliphatic hydroxyl groups excluding tert-OH is 1. The second kappa shape index (κ2) is 5.48. The summed E-state index contributed by atoms with van der Waals surface area (Å²) in [6, 6.07) is 8.98. The molecule has 0 aliphatic rings. The monoisotopic (exact) mass is 252 g/mol. The highest BCUT2D eigenvalue weighted by atomic mass is 16.3. The minimum atomic E-state index is -1.34. The zero-order chi connectivity index (χ0) is 13.8. The number of hydrogen-bond donors (Lipinski definition) is 4. The molecule has 1 aromatic carbocycles. The molecule has 0 spiro atoms. The molecule has 5 heteroatoms. The van der Waals surface area contributed by atoms with Crippen molar-refractivity contribution in [2.24, 2.45) is 5.73 Å². The summed E-state index contributed by atoms with van der Waals surface area (Å²) in [6.07, 6.45) is 0. The van der Waals surface area contributed by atoms with Gasteiger partial charge in [0.15, 0.2) is 0 Å². The topological polar surface area (TPSA) is 95.6 Å². The summed E-state index contributed by atoms with van der Waals surface area (Å²) in [5, 5.41) is 21.0. The largest absolute Gasteiger partial charge is 0.393 e. The van der Waals surface area contributed by atoms with Crippen molar-refractivity contribution >= 4 is 5.91 Å². The fourth-order valence-electron chi connectivity index (χ4n) is 1.43. The molecule has 0 bridgehead atoms. The predicted molar refractivity (Wildman–Crippen MR) is 68.7 cm³/mol. The normalized spacial score (nSPS) is 17.6. The van der Waals surface area contributed by atoms with Crippen LogP contribution in [0.5, 0.6) is 0 Å². The van der Waals surface area contributed by atoms with E-state index in [0.717, 1.165) is 0 Å². The van der Waals surface area contributed by atoms with Gasteiger partial charge in [-0.3, -0.25) is 4.79 Å². The van der Waals surface area contributed by atoms with Gasteiger partial charge in [-0.2, -0.15) is 0 Å². The van der Waals surface area contributed by atoms with E-state index in [1.54, 1.807) is 31.2 Å². The molecule has 5 nitrogen and oxygen atoms in total. The SMILES string of the molecule is CC(O)(CO)CNC(=O)C(C)(N)c1ccccc1. The highest BCUT2D eigenvalue weighted by Crippen LogP contribution is 2.17. The molecule has 2 atom stereocenters. The van der Waals surface area contributed by atoms with Crippen molar-refractivity contribution < 1.29 is 15.0 Å². The zero-order valence-corrected chi connectivity index (χ0v) is 10.7. The lowest BCUT2D eigenvalue weighted by Gasteiger charge is -2.27. The predicted octanol–water partition coefficient (Wildman–Crippen LogP) is -0.280. The third-order valence-electron chi connectivity index (χ3n) is 2.82. The van der Waals surface area contributed by atoms with E-state index in [1.165, 1.54) is 6.92 Å². The summed E-state index contributed by atoms with van der Waals surface area (Å²) in [5.41, 5.74) is 4.16. The smallest absolute Gasteiger partial charge is 0.244 e. The van der Waals surface area contributed by atoms with Crippen LogP contribution in [0.25, 0.3) is 0 Å². The molecular weight excluding hydrogens is 232 g/mol. The number of aliphatic hydroxyl groups is 2. The van der Waals surface area contributed by atoms with Crippen LogP contribution in [-0.4, -0.2) is 34.9 Å². The van der Waals surface area contributed by atoms with Gasteiger partial charge in [0.1, 0.15) is 11.1 Å². The first-order chi connectivity index (χ1) is 8.29. The average Bonchev–Trinajstić information content (AvgIpc) is 2.37. The molecule has 5 N–H and O–H groups in total. The van der Waals surface area contributed by atoms with Gasteiger partial charge in [0, 0.05) is 6.54 Å². The number of hydrogen-bond acceptors (Lipinski definition) is 4. The minimum Gasteiger partial charge on any atom is -0.393 e. The Kier molecular flexibility index (Phi) is 4.45. The summed E-state index contributed by atoms with van der Waals surface area (Å²) < 4.78 is 0. The zero-order valence-electron chi connectivity index (χ0n) is 10.7. The molecule has 2 unspecified atom stereocenters. The van der Waals surface area contributed by atoms with E-state index in [2.05, 4.69) is 5.32 Å². The van der Waals surface area contributed by atoms with Crippen LogP contribution in [0.4, 0.5) is 0 Å². The van der Waals surface area contributed by atoms with Crippen molar-refractivity contribution in [2.45, 2.75) is 25.0 Å². The molecule has 100 valence electrons. The van der Waals surface area contributed by atoms with E-state index in [9.17, 15) is 9.90 Å². The van der Waals surface area contributed by atoms with Crippen molar-refractivity contribution in [3.8, 4) is 0 Å². The molecule has 1 amide bonds. The second-order valence-electron chi connectivity index (χ2n) is 4.91. The van der Waals surface area contributed by atoms with Crippen LogP contribution in [0, 0.1) is 0 Å². The van der Waals surface area contributed by atoms with Gasteiger partial charge in [-0.1, -0.05) is 30.3 Å². The molecule has 0 aliphatic carbocycles. The van der Waals surface area contributed by atoms with E-state index in [4.69, 9.17) is 10.8 Å². The molecular formula is C13H20N2O3. The maximum Gasteiger partial charge on any atom is 0.244 e. The maximum atomic E-state index is 12.0. The summed E-state index contributed by atoms with van der Waals surface area (Å²) in [6.45, 7) is 2.55. The number of carbonyl (C=O) groups is 1. The molecule has 1 aromatic rings. The van der Waals surface area contributed by atoms with Crippen LogP contribution in [0.3, 0.4) is 0 Å². The van der Waals surface area contributed by atoms with Gasteiger partial charge in [0.25, 0.3) is 0 Å². The van der Waals surface area contributed by atoms with Crippen LogP contribution in [0.15, 0.2) is 30.3 Å². The van der Waals surface area contributed by atoms with Gasteiger partial charge < -0.3 is 21.3 Å². The van der Waals surface area contributed by atoms with E-state index >= 15 is 0 Å². The van der Waals surface area contributed by atoms with Crippen LogP contribution < -0.4 is 11.1 Å². The molecule has 0 saturated carbocycles. The molecule has 1 rings (SSSR count). The van der Waals surface area contributed by atoms with Crippen LogP contribution in [0.2, 0.25) is 0 Å². The second-order valence-corrected chi connectivity index (χ2v) is 4.91. The Morgan fingerprint density at radius 2 is 1.89 bits per heavy atom. The Morgan fingerprint density at radius 1 is 1.33 bits per heavy atom. The number of benzene rings is 1. The first kappa shape index (κ1) is 14.6. The molecule has 0 heterocycles. The lowest BCUT2D eigenvalue weighted by molar-refractivity contribution is -0.127. The van der Waals surface area contributed by atoms with Crippen LogP contribution in [-0.2, 0) is 10.3 Å². The van der Waals surface area contributed by atoms with Gasteiger partial charge in [-0.05, 0) is 19.4 Å². The summed E-state index contributed by atoms with van der Waals surface area (Å²) in [7, 11) is 0. The highest BCUT2D eigenvalue weighted by molar-refractivity contribution is 5.87. The van der Waals surface area contributed by atoms with Crippen LogP contribution in [0.1, 0.15) is 19.4 Å². The Balaban J connectivity index is 2.72. The number of nitrogens with two attached hydrogens (primary N) is 1. The quantitative estimate of drug-likeness (QED) is 0.579. The van der Waals surface area contributed by atoms with E-state index in [1.807, 2.05) is 6.07 Å². The molecule has 0 radical (unpaired) electrons. The van der Waals surface area contributed by atoms with Gasteiger partial charge in [0.2, 0.25) is 5.91 Å². The number of nitrogens with one attached hydrogen (secondary N) is 1. The van der Waals surface area contributed by atoms with Crippen molar-refractivity contribution in [1.29, 1.82) is 0 Å². The Labute approximate surface area is 107 Å². The first-order valence-corrected chi connectivity index (χ1v) is 5.75.